The van der Waals surface area contributed by atoms with Gasteiger partial charge in [0.25, 0.3) is 0 Å². The first-order valence-electron chi connectivity index (χ1n) is 7.37. The molecule has 1 aliphatic heterocycles. The molecule has 1 aliphatic rings. The summed E-state index contributed by atoms with van der Waals surface area (Å²) in [5.74, 6) is -0.299. The molecule has 2 amide bonds. The van der Waals surface area contributed by atoms with Crippen LogP contribution in [0.25, 0.3) is 0 Å². The molecule has 0 spiro atoms. The van der Waals surface area contributed by atoms with Crippen LogP contribution in [0.15, 0.2) is 36.5 Å². The Morgan fingerprint density at radius 3 is 2.70 bits per heavy atom. The van der Waals surface area contributed by atoms with Gasteiger partial charge in [0.15, 0.2) is 0 Å². The van der Waals surface area contributed by atoms with Crippen molar-refractivity contribution in [1.29, 1.82) is 0 Å². The van der Waals surface area contributed by atoms with Crippen LogP contribution in [-0.4, -0.2) is 27.6 Å². The molecule has 2 aromatic rings. The number of hydrogen-bond donors (Lipinski definition) is 2. The number of halogens is 1. The molecule has 0 saturated carbocycles. The number of carbonyl (C=O) groups excluding carboxylic acids is 2. The Morgan fingerprint density at radius 2 is 2.13 bits per heavy atom. The van der Waals surface area contributed by atoms with Gasteiger partial charge in [-0.2, -0.15) is 5.10 Å². The van der Waals surface area contributed by atoms with Gasteiger partial charge in [-0.05, 0) is 30.2 Å². The second-order valence-electron chi connectivity index (χ2n) is 5.57. The van der Waals surface area contributed by atoms with Crippen LogP contribution in [0.1, 0.15) is 30.1 Å². The average molecular weight is 333 g/mol. The SMILES string of the molecule is Cn1ccc([C@@H](NC(=O)[C@H]2CCC(=O)N2)c2ccc(Cl)cc2)n1. The van der Waals surface area contributed by atoms with E-state index < -0.39 is 12.1 Å². The normalized spacial score (nSPS) is 18.5. The quantitative estimate of drug-likeness (QED) is 0.892. The Balaban J connectivity index is 1.84. The largest absolute Gasteiger partial charge is 0.344 e. The maximum atomic E-state index is 12.4. The van der Waals surface area contributed by atoms with Gasteiger partial charge in [-0.3, -0.25) is 14.3 Å². The van der Waals surface area contributed by atoms with E-state index in [2.05, 4.69) is 15.7 Å². The molecule has 0 bridgehead atoms. The third-order valence-electron chi connectivity index (χ3n) is 3.83. The van der Waals surface area contributed by atoms with Crippen molar-refractivity contribution in [2.24, 2.45) is 7.05 Å². The van der Waals surface area contributed by atoms with Gasteiger partial charge in [0.1, 0.15) is 6.04 Å². The number of hydrogen-bond acceptors (Lipinski definition) is 3. The van der Waals surface area contributed by atoms with Crippen molar-refractivity contribution in [3.05, 3.63) is 52.8 Å². The molecular formula is C16H17ClN4O2. The zero-order chi connectivity index (χ0) is 16.4. The topological polar surface area (TPSA) is 76.0 Å². The zero-order valence-corrected chi connectivity index (χ0v) is 13.4. The summed E-state index contributed by atoms with van der Waals surface area (Å²) in [6, 6.07) is 8.24. The lowest BCUT2D eigenvalue weighted by atomic mass is 10.0. The maximum absolute atomic E-state index is 12.4. The molecule has 1 saturated heterocycles. The number of carbonyl (C=O) groups is 2. The predicted molar refractivity (Wildman–Crippen MR) is 85.8 cm³/mol. The minimum absolute atomic E-state index is 0.0916. The summed E-state index contributed by atoms with van der Waals surface area (Å²) < 4.78 is 1.68. The van der Waals surface area contributed by atoms with E-state index in [-0.39, 0.29) is 11.8 Å². The number of nitrogens with zero attached hydrogens (tertiary/aromatic N) is 2. The minimum Gasteiger partial charge on any atom is -0.344 e. The second kappa shape index (κ2) is 6.42. The molecule has 23 heavy (non-hydrogen) atoms. The Hall–Kier alpha value is -2.34. The maximum Gasteiger partial charge on any atom is 0.243 e. The Labute approximate surface area is 138 Å². The summed E-state index contributed by atoms with van der Waals surface area (Å²) in [5, 5.41) is 10.7. The Kier molecular flexibility index (Phi) is 4.34. The van der Waals surface area contributed by atoms with Crippen LogP contribution in [0.5, 0.6) is 0 Å². The lowest BCUT2D eigenvalue weighted by molar-refractivity contribution is -0.126. The molecular weight excluding hydrogens is 316 g/mol. The number of amides is 2. The summed E-state index contributed by atoms with van der Waals surface area (Å²) in [6.07, 6.45) is 2.72. The minimum atomic E-state index is -0.485. The van der Waals surface area contributed by atoms with E-state index >= 15 is 0 Å². The van der Waals surface area contributed by atoms with E-state index in [1.165, 1.54) is 0 Å². The van der Waals surface area contributed by atoms with Gasteiger partial charge in [0, 0.05) is 24.7 Å². The molecule has 2 N–H and O–H groups in total. The van der Waals surface area contributed by atoms with Crippen molar-refractivity contribution in [1.82, 2.24) is 20.4 Å². The third-order valence-corrected chi connectivity index (χ3v) is 4.08. The van der Waals surface area contributed by atoms with E-state index in [0.29, 0.717) is 17.9 Å². The summed E-state index contributed by atoms with van der Waals surface area (Å²) in [4.78, 5) is 23.7. The standard InChI is InChI=1S/C16H17ClN4O2/c1-21-9-8-12(20-21)15(10-2-4-11(17)5-3-10)19-16(23)13-6-7-14(22)18-13/h2-5,8-9,13,15H,6-7H2,1H3,(H,18,22)(H,19,23)/t13-,15+/m1/s1. The summed E-state index contributed by atoms with van der Waals surface area (Å²) in [6.45, 7) is 0. The fourth-order valence-electron chi connectivity index (χ4n) is 2.62. The highest BCUT2D eigenvalue weighted by atomic mass is 35.5. The molecule has 120 valence electrons. The van der Waals surface area contributed by atoms with Crippen LogP contribution in [0.2, 0.25) is 5.02 Å². The Bertz CT molecular complexity index is 726. The molecule has 2 heterocycles. The molecule has 0 aliphatic carbocycles. The number of aromatic nitrogens is 2. The van der Waals surface area contributed by atoms with Gasteiger partial charge in [0.05, 0.1) is 11.7 Å². The first-order chi connectivity index (χ1) is 11.0. The lowest BCUT2D eigenvalue weighted by Gasteiger charge is -2.20. The van der Waals surface area contributed by atoms with E-state index in [1.807, 2.05) is 31.4 Å². The monoisotopic (exact) mass is 332 g/mol. The van der Waals surface area contributed by atoms with Crippen molar-refractivity contribution in [3.8, 4) is 0 Å². The van der Waals surface area contributed by atoms with Gasteiger partial charge in [-0.1, -0.05) is 23.7 Å². The summed E-state index contributed by atoms with van der Waals surface area (Å²) in [7, 11) is 1.82. The van der Waals surface area contributed by atoms with Gasteiger partial charge < -0.3 is 10.6 Å². The fourth-order valence-corrected chi connectivity index (χ4v) is 2.75. The highest BCUT2D eigenvalue weighted by molar-refractivity contribution is 6.30. The van der Waals surface area contributed by atoms with Gasteiger partial charge in [-0.15, -0.1) is 0 Å². The van der Waals surface area contributed by atoms with Crippen molar-refractivity contribution in [2.75, 3.05) is 0 Å². The number of aryl methyl sites for hydroxylation is 1. The van der Waals surface area contributed by atoms with E-state index in [9.17, 15) is 9.59 Å². The molecule has 1 fully saturated rings. The molecule has 0 radical (unpaired) electrons. The number of benzene rings is 1. The first kappa shape index (κ1) is 15.6. The van der Waals surface area contributed by atoms with E-state index in [4.69, 9.17) is 11.6 Å². The Morgan fingerprint density at radius 1 is 1.39 bits per heavy atom. The smallest absolute Gasteiger partial charge is 0.243 e. The second-order valence-corrected chi connectivity index (χ2v) is 6.00. The highest BCUT2D eigenvalue weighted by Gasteiger charge is 2.29. The van der Waals surface area contributed by atoms with Crippen LogP contribution < -0.4 is 10.6 Å². The van der Waals surface area contributed by atoms with Gasteiger partial charge in [-0.25, -0.2) is 0 Å². The molecule has 0 unspecified atom stereocenters. The number of rotatable bonds is 4. The van der Waals surface area contributed by atoms with Crippen molar-refractivity contribution >= 4 is 23.4 Å². The van der Waals surface area contributed by atoms with Crippen molar-refractivity contribution in [3.63, 3.8) is 0 Å². The first-order valence-corrected chi connectivity index (χ1v) is 7.75. The molecule has 6 nitrogen and oxygen atoms in total. The van der Waals surface area contributed by atoms with Crippen molar-refractivity contribution in [2.45, 2.75) is 24.9 Å². The van der Waals surface area contributed by atoms with Crippen molar-refractivity contribution < 1.29 is 9.59 Å². The van der Waals surface area contributed by atoms with E-state index in [0.717, 1.165) is 11.3 Å². The van der Waals surface area contributed by atoms with Crippen LogP contribution in [-0.2, 0) is 16.6 Å². The summed E-state index contributed by atoms with van der Waals surface area (Å²) >= 11 is 5.94. The zero-order valence-electron chi connectivity index (χ0n) is 12.6. The van der Waals surface area contributed by atoms with Gasteiger partial charge >= 0.3 is 0 Å². The van der Waals surface area contributed by atoms with Crippen LogP contribution >= 0.6 is 11.6 Å². The van der Waals surface area contributed by atoms with Crippen LogP contribution in [0, 0.1) is 0 Å². The molecule has 1 aromatic heterocycles. The molecule has 1 aromatic carbocycles. The highest BCUT2D eigenvalue weighted by Crippen LogP contribution is 2.23. The third kappa shape index (κ3) is 3.53. The predicted octanol–water partition coefficient (Wildman–Crippen LogP) is 1.56. The molecule has 7 heteroatoms. The van der Waals surface area contributed by atoms with Gasteiger partial charge in [0.2, 0.25) is 11.8 Å². The van der Waals surface area contributed by atoms with Crippen LogP contribution in [0.4, 0.5) is 0 Å². The lowest BCUT2D eigenvalue weighted by Crippen LogP contribution is -2.43. The molecule has 2 atom stereocenters. The van der Waals surface area contributed by atoms with E-state index in [1.54, 1.807) is 16.8 Å². The number of nitrogens with one attached hydrogen (secondary N) is 2. The average Bonchev–Trinajstić information content (AvgIpc) is 3.14. The van der Waals surface area contributed by atoms with Crippen LogP contribution in [0.3, 0.4) is 0 Å². The molecule has 3 rings (SSSR count). The fraction of sp³-hybridized carbons (Fsp3) is 0.312. The summed E-state index contributed by atoms with van der Waals surface area (Å²) in [5.41, 5.74) is 1.61.